The smallest absolute Gasteiger partial charge is 0.255 e. The van der Waals surface area contributed by atoms with Gasteiger partial charge >= 0.3 is 0 Å². The third-order valence-electron chi connectivity index (χ3n) is 6.49. The molecule has 3 aromatic carbocycles. The van der Waals surface area contributed by atoms with Crippen molar-refractivity contribution in [2.45, 2.75) is 19.9 Å². The van der Waals surface area contributed by atoms with Gasteiger partial charge < -0.3 is 14.4 Å². The number of anilines is 3. The third-order valence-corrected chi connectivity index (χ3v) is 6.49. The molecule has 1 atom stereocenters. The van der Waals surface area contributed by atoms with Gasteiger partial charge in [0, 0.05) is 31.5 Å². The highest BCUT2D eigenvalue weighted by Gasteiger charge is 2.42. The molecule has 0 aliphatic carbocycles. The number of aryl methyl sites for hydroxylation is 2. The quantitative estimate of drug-likeness (QED) is 0.527. The lowest BCUT2D eigenvalue weighted by Crippen LogP contribution is -2.56. The largest absolute Gasteiger partial charge is 0.497 e. The summed E-state index contributed by atoms with van der Waals surface area (Å²) in [5, 5.41) is 0. The van der Waals surface area contributed by atoms with Crippen LogP contribution in [-0.2, 0) is 9.59 Å². The summed E-state index contributed by atoms with van der Waals surface area (Å²) in [4.78, 5) is 32.9. The Kier molecular flexibility index (Phi) is 6.69. The lowest BCUT2D eigenvalue weighted by molar-refractivity contribution is -0.128. The van der Waals surface area contributed by atoms with Gasteiger partial charge in [-0.1, -0.05) is 18.2 Å². The molecule has 0 aromatic heterocycles. The fourth-order valence-electron chi connectivity index (χ4n) is 4.32. The second-order valence-corrected chi connectivity index (χ2v) is 8.88. The number of methoxy groups -OCH3 is 2. The van der Waals surface area contributed by atoms with E-state index in [-0.39, 0.29) is 18.4 Å². The van der Waals surface area contributed by atoms with Crippen LogP contribution in [0.2, 0.25) is 0 Å². The van der Waals surface area contributed by atoms with Crippen molar-refractivity contribution in [3.8, 4) is 11.5 Å². The van der Waals surface area contributed by atoms with Crippen molar-refractivity contribution in [3.05, 3.63) is 77.4 Å². The van der Waals surface area contributed by atoms with E-state index in [4.69, 9.17) is 9.47 Å². The van der Waals surface area contributed by atoms with Crippen LogP contribution in [0.1, 0.15) is 22.7 Å². The van der Waals surface area contributed by atoms with E-state index in [1.165, 1.54) is 12.0 Å². The summed E-state index contributed by atoms with van der Waals surface area (Å²) in [7, 11) is 7.03. The lowest BCUT2D eigenvalue weighted by atomic mass is 9.98. The van der Waals surface area contributed by atoms with Crippen LogP contribution >= 0.6 is 0 Å². The summed E-state index contributed by atoms with van der Waals surface area (Å²) in [5.41, 5.74) is 5.17. The Labute approximate surface area is 206 Å². The normalized spacial score (nSPS) is 15.9. The Balaban J connectivity index is 1.83. The summed E-state index contributed by atoms with van der Waals surface area (Å²) in [6.45, 7) is 3.93. The Hall–Kier alpha value is -4.00. The average Bonchev–Trinajstić information content (AvgIpc) is 2.86. The number of amides is 2. The molecule has 1 saturated heterocycles. The maximum Gasteiger partial charge on any atom is 0.255 e. The van der Waals surface area contributed by atoms with E-state index in [0.717, 1.165) is 22.4 Å². The van der Waals surface area contributed by atoms with Crippen molar-refractivity contribution in [1.82, 2.24) is 0 Å². The van der Waals surface area contributed by atoms with Gasteiger partial charge in [-0.15, -0.1) is 0 Å². The first kappa shape index (κ1) is 24.1. The topological polar surface area (TPSA) is 62.3 Å². The Morgan fingerprint density at radius 1 is 0.857 bits per heavy atom. The second-order valence-electron chi connectivity index (χ2n) is 8.88. The van der Waals surface area contributed by atoms with Crippen LogP contribution < -0.4 is 24.2 Å². The Morgan fingerprint density at radius 2 is 1.57 bits per heavy atom. The maximum absolute atomic E-state index is 14.1. The Morgan fingerprint density at radius 3 is 2.17 bits per heavy atom. The molecule has 7 nitrogen and oxygen atoms in total. The number of nitrogens with zero attached hydrogens (tertiary/aromatic N) is 3. The van der Waals surface area contributed by atoms with Crippen LogP contribution in [0.15, 0.2) is 60.7 Å². The molecular weight excluding hydrogens is 442 g/mol. The number of hydrogen-bond donors (Lipinski definition) is 0. The molecule has 1 heterocycles. The number of carbonyl (C=O) groups excluding carboxylic acids is 2. The van der Waals surface area contributed by atoms with Crippen LogP contribution in [0.4, 0.5) is 17.1 Å². The van der Waals surface area contributed by atoms with E-state index in [2.05, 4.69) is 0 Å². The van der Waals surface area contributed by atoms with Gasteiger partial charge in [-0.25, -0.2) is 0 Å². The van der Waals surface area contributed by atoms with Gasteiger partial charge in [-0.05, 0) is 66.9 Å². The van der Waals surface area contributed by atoms with E-state index in [0.29, 0.717) is 22.9 Å². The van der Waals surface area contributed by atoms with Crippen molar-refractivity contribution in [2.75, 3.05) is 49.6 Å². The van der Waals surface area contributed by atoms with E-state index in [1.54, 1.807) is 30.2 Å². The van der Waals surface area contributed by atoms with Crippen molar-refractivity contribution < 1.29 is 19.1 Å². The minimum Gasteiger partial charge on any atom is -0.497 e. The number of ether oxygens (including phenoxy) is 2. The number of hydrogen-bond acceptors (Lipinski definition) is 5. The lowest BCUT2D eigenvalue weighted by Gasteiger charge is -2.41. The van der Waals surface area contributed by atoms with Crippen molar-refractivity contribution in [2.24, 2.45) is 0 Å². The van der Waals surface area contributed by atoms with Crippen molar-refractivity contribution >= 4 is 28.9 Å². The molecule has 1 aliphatic heterocycles. The van der Waals surface area contributed by atoms with Gasteiger partial charge in [0.2, 0.25) is 5.91 Å². The summed E-state index contributed by atoms with van der Waals surface area (Å²) in [6.07, 6.45) is 0. The number of piperazine rings is 1. The minimum absolute atomic E-state index is 0.0965. The van der Waals surface area contributed by atoms with Crippen LogP contribution in [0.25, 0.3) is 0 Å². The average molecular weight is 474 g/mol. The van der Waals surface area contributed by atoms with Crippen molar-refractivity contribution in [3.63, 3.8) is 0 Å². The third kappa shape index (κ3) is 4.54. The highest BCUT2D eigenvalue weighted by Crippen LogP contribution is 2.39. The predicted octanol–water partition coefficient (Wildman–Crippen LogP) is 4.51. The van der Waals surface area contributed by atoms with Gasteiger partial charge in [-0.3, -0.25) is 19.4 Å². The predicted molar refractivity (Wildman–Crippen MR) is 139 cm³/mol. The highest BCUT2D eigenvalue weighted by molar-refractivity contribution is 6.15. The molecule has 1 unspecified atom stereocenters. The SMILES string of the molecule is COc1ccc(N2CC(=O)N(c3ccc(C)c(C)c3)C(c3ccc(N(C)C)cc3)C2=O)c(OC)c1. The number of carbonyl (C=O) groups is 2. The summed E-state index contributed by atoms with van der Waals surface area (Å²) < 4.78 is 10.8. The first-order valence-corrected chi connectivity index (χ1v) is 11.4. The maximum atomic E-state index is 14.1. The zero-order chi connectivity index (χ0) is 25.3. The van der Waals surface area contributed by atoms with Crippen LogP contribution in [0.3, 0.4) is 0 Å². The molecule has 0 radical (unpaired) electrons. The molecule has 1 fully saturated rings. The molecule has 1 aliphatic rings. The molecule has 0 N–H and O–H groups in total. The molecule has 35 heavy (non-hydrogen) atoms. The minimum atomic E-state index is -0.818. The number of rotatable bonds is 6. The monoisotopic (exact) mass is 473 g/mol. The molecule has 0 spiro atoms. The fraction of sp³-hybridized carbons (Fsp3) is 0.286. The van der Waals surface area contributed by atoms with Gasteiger partial charge in [-0.2, -0.15) is 0 Å². The van der Waals surface area contributed by atoms with Gasteiger partial charge in [0.15, 0.2) is 0 Å². The molecule has 7 heteroatoms. The van der Waals surface area contributed by atoms with Gasteiger partial charge in [0.1, 0.15) is 24.1 Å². The molecule has 4 rings (SSSR count). The Bertz CT molecular complexity index is 1250. The fourth-order valence-corrected chi connectivity index (χ4v) is 4.32. The van der Waals surface area contributed by atoms with E-state index < -0.39 is 6.04 Å². The zero-order valence-electron chi connectivity index (χ0n) is 21.0. The van der Waals surface area contributed by atoms with Gasteiger partial charge in [0.25, 0.3) is 5.91 Å². The molecule has 2 amide bonds. The number of benzene rings is 3. The second kappa shape index (κ2) is 9.70. The molecule has 0 saturated carbocycles. The van der Waals surface area contributed by atoms with Crippen LogP contribution in [0.5, 0.6) is 11.5 Å². The summed E-state index contributed by atoms with van der Waals surface area (Å²) in [6, 6.07) is 18.0. The van der Waals surface area contributed by atoms with Crippen LogP contribution in [0, 0.1) is 13.8 Å². The van der Waals surface area contributed by atoms with E-state index in [9.17, 15) is 9.59 Å². The van der Waals surface area contributed by atoms with E-state index >= 15 is 0 Å². The summed E-state index contributed by atoms with van der Waals surface area (Å²) in [5.74, 6) is 0.692. The molecule has 182 valence electrons. The first-order valence-electron chi connectivity index (χ1n) is 11.4. The van der Waals surface area contributed by atoms with Crippen molar-refractivity contribution in [1.29, 1.82) is 0 Å². The first-order chi connectivity index (χ1) is 16.7. The molecular formula is C28H31N3O4. The molecule has 3 aromatic rings. The summed E-state index contributed by atoms with van der Waals surface area (Å²) >= 11 is 0. The molecule has 0 bridgehead atoms. The van der Waals surface area contributed by atoms with E-state index in [1.807, 2.05) is 75.3 Å². The van der Waals surface area contributed by atoms with Gasteiger partial charge in [0.05, 0.1) is 19.9 Å². The zero-order valence-corrected chi connectivity index (χ0v) is 21.0. The standard InChI is InChI=1S/C28H31N3O4/c1-18-7-10-22(15-19(18)2)31-26(32)17-30(24-14-13-23(34-5)16-25(24)35-6)28(33)27(31)20-8-11-21(12-9-20)29(3)4/h7-16,27H,17H2,1-6H3. The highest BCUT2D eigenvalue weighted by atomic mass is 16.5. The van der Waals surface area contributed by atoms with Crippen LogP contribution in [-0.4, -0.2) is 46.7 Å².